The second-order valence-corrected chi connectivity index (χ2v) is 8.26. The predicted octanol–water partition coefficient (Wildman–Crippen LogP) is 5.05. The molecule has 0 unspecified atom stereocenters. The van der Waals surface area contributed by atoms with Gasteiger partial charge in [-0.05, 0) is 61.5 Å². The molecular weight excluding hydrogens is 490 g/mol. The quantitative estimate of drug-likeness (QED) is 0.280. The van der Waals surface area contributed by atoms with Crippen molar-refractivity contribution in [3.8, 4) is 17.2 Å². The van der Waals surface area contributed by atoms with Gasteiger partial charge in [-0.2, -0.15) is 0 Å². The first-order chi connectivity index (χ1) is 16.0. The van der Waals surface area contributed by atoms with Crippen molar-refractivity contribution in [3.05, 3.63) is 93.1 Å². The summed E-state index contributed by atoms with van der Waals surface area (Å²) in [6, 6.07) is 17.4. The van der Waals surface area contributed by atoms with Crippen molar-refractivity contribution in [1.29, 1.82) is 0 Å². The molecule has 0 bridgehead atoms. The van der Waals surface area contributed by atoms with E-state index in [-0.39, 0.29) is 24.1 Å². The van der Waals surface area contributed by atoms with Gasteiger partial charge in [0.05, 0.1) is 5.56 Å². The lowest BCUT2D eigenvalue weighted by atomic mass is 10.1. The Balaban J connectivity index is 1.45. The third-order valence-corrected chi connectivity index (χ3v) is 5.45. The first-order valence-corrected chi connectivity index (χ1v) is 10.8. The lowest BCUT2D eigenvalue weighted by Gasteiger charge is -2.09. The molecule has 0 aliphatic carbocycles. The molecule has 2 aliphatic heterocycles. The van der Waals surface area contributed by atoms with Crippen LogP contribution < -0.4 is 14.2 Å². The Bertz CT molecular complexity index is 1360. The summed E-state index contributed by atoms with van der Waals surface area (Å²) in [6.45, 7) is 2.04. The number of aryl methyl sites for hydroxylation is 1. The summed E-state index contributed by atoms with van der Waals surface area (Å²) in [4.78, 5) is 29.5. The SMILES string of the molecule is Cc1cccc(C(=O)Oc2ccc(Br)cc2/C=C2/N=C(c3ccc4c(c3)OCO4)OC2=O)c1. The number of carbonyl (C=O) groups is 2. The second-order valence-electron chi connectivity index (χ2n) is 7.35. The maximum atomic E-state index is 12.6. The van der Waals surface area contributed by atoms with Gasteiger partial charge in [-0.3, -0.25) is 0 Å². The Morgan fingerprint density at radius 3 is 2.76 bits per heavy atom. The number of ether oxygens (including phenoxy) is 4. The van der Waals surface area contributed by atoms with Gasteiger partial charge in [-0.15, -0.1) is 0 Å². The smallest absolute Gasteiger partial charge is 0.363 e. The molecule has 2 aliphatic rings. The molecule has 0 saturated carbocycles. The third-order valence-electron chi connectivity index (χ3n) is 4.96. The molecule has 0 radical (unpaired) electrons. The molecule has 7 nitrogen and oxygen atoms in total. The number of nitrogens with zero attached hydrogens (tertiary/aromatic N) is 1. The monoisotopic (exact) mass is 505 g/mol. The van der Waals surface area contributed by atoms with Crippen LogP contribution in [0.3, 0.4) is 0 Å². The maximum Gasteiger partial charge on any atom is 0.363 e. The molecular formula is C25H16BrNO6. The van der Waals surface area contributed by atoms with Crippen LogP contribution in [0.2, 0.25) is 0 Å². The summed E-state index contributed by atoms with van der Waals surface area (Å²) in [5, 5.41) is 0. The van der Waals surface area contributed by atoms with E-state index in [1.807, 2.05) is 13.0 Å². The number of esters is 2. The first-order valence-electron chi connectivity index (χ1n) is 9.97. The van der Waals surface area contributed by atoms with E-state index in [1.54, 1.807) is 54.6 Å². The van der Waals surface area contributed by atoms with E-state index in [4.69, 9.17) is 18.9 Å². The molecule has 5 rings (SSSR count). The zero-order chi connectivity index (χ0) is 22.9. The van der Waals surface area contributed by atoms with Crippen molar-refractivity contribution in [3.63, 3.8) is 0 Å². The fourth-order valence-electron chi connectivity index (χ4n) is 3.37. The minimum atomic E-state index is -0.612. The normalized spacial score (nSPS) is 15.4. The molecule has 8 heteroatoms. The number of carbonyl (C=O) groups excluding carboxylic acids is 2. The Kier molecular flexibility index (Phi) is 5.43. The van der Waals surface area contributed by atoms with Gasteiger partial charge in [0.25, 0.3) is 0 Å². The Labute approximate surface area is 197 Å². The maximum absolute atomic E-state index is 12.6. The third kappa shape index (κ3) is 4.38. The average Bonchev–Trinajstić information content (AvgIpc) is 3.41. The zero-order valence-electron chi connectivity index (χ0n) is 17.3. The molecule has 0 amide bonds. The van der Waals surface area contributed by atoms with E-state index in [1.165, 1.54) is 6.08 Å². The first kappa shape index (κ1) is 21.0. The van der Waals surface area contributed by atoms with Crippen LogP contribution in [0.5, 0.6) is 17.2 Å². The summed E-state index contributed by atoms with van der Waals surface area (Å²) in [5.74, 6) is 0.502. The van der Waals surface area contributed by atoms with E-state index >= 15 is 0 Å². The molecule has 0 fully saturated rings. The van der Waals surface area contributed by atoms with Crippen LogP contribution in [-0.4, -0.2) is 24.6 Å². The van der Waals surface area contributed by atoms with Gasteiger partial charge in [-0.1, -0.05) is 33.6 Å². The van der Waals surface area contributed by atoms with Crippen LogP contribution in [0, 0.1) is 6.92 Å². The molecule has 0 saturated heterocycles. The summed E-state index contributed by atoms with van der Waals surface area (Å²) < 4.78 is 22.4. The molecule has 3 aromatic rings. The lowest BCUT2D eigenvalue weighted by molar-refractivity contribution is -0.129. The largest absolute Gasteiger partial charge is 0.454 e. The van der Waals surface area contributed by atoms with Crippen molar-refractivity contribution in [1.82, 2.24) is 0 Å². The molecule has 0 spiro atoms. The van der Waals surface area contributed by atoms with E-state index in [9.17, 15) is 9.59 Å². The predicted molar refractivity (Wildman–Crippen MR) is 123 cm³/mol. The Morgan fingerprint density at radius 1 is 1.06 bits per heavy atom. The lowest BCUT2D eigenvalue weighted by Crippen LogP contribution is -2.09. The second kappa shape index (κ2) is 8.55. The number of hydrogen-bond donors (Lipinski definition) is 0. The van der Waals surface area contributed by atoms with Crippen molar-refractivity contribution in [2.45, 2.75) is 6.92 Å². The van der Waals surface area contributed by atoms with Crippen molar-refractivity contribution < 1.29 is 28.5 Å². The van der Waals surface area contributed by atoms with Crippen molar-refractivity contribution in [2.75, 3.05) is 6.79 Å². The molecule has 164 valence electrons. The zero-order valence-corrected chi connectivity index (χ0v) is 18.9. The number of benzene rings is 3. The highest BCUT2D eigenvalue weighted by molar-refractivity contribution is 9.10. The van der Waals surface area contributed by atoms with Gasteiger partial charge in [0.2, 0.25) is 12.7 Å². The summed E-state index contributed by atoms with van der Waals surface area (Å²) in [5.41, 5.74) is 2.53. The van der Waals surface area contributed by atoms with E-state index < -0.39 is 11.9 Å². The molecule has 2 heterocycles. The Hall–Kier alpha value is -3.91. The van der Waals surface area contributed by atoms with Gasteiger partial charge >= 0.3 is 11.9 Å². The van der Waals surface area contributed by atoms with Gasteiger partial charge in [0, 0.05) is 15.6 Å². The molecule has 0 aromatic heterocycles. The number of rotatable bonds is 4. The van der Waals surface area contributed by atoms with Crippen molar-refractivity contribution in [2.24, 2.45) is 4.99 Å². The minimum absolute atomic E-state index is 0.0774. The van der Waals surface area contributed by atoms with E-state index in [2.05, 4.69) is 20.9 Å². The van der Waals surface area contributed by atoms with E-state index in [0.717, 1.165) is 10.0 Å². The standard InChI is InChI=1S/C25H16BrNO6/c1-14-3-2-4-16(9-14)24(28)32-20-8-6-18(26)10-17(20)11-19-25(29)33-23(27-19)15-5-7-21-22(12-15)31-13-30-21/h2-12H,13H2,1H3/b19-11+. The van der Waals surface area contributed by atoms with E-state index in [0.29, 0.717) is 28.2 Å². The number of hydrogen-bond acceptors (Lipinski definition) is 7. The molecule has 33 heavy (non-hydrogen) atoms. The van der Waals surface area contributed by atoms with Crippen molar-refractivity contribution >= 4 is 39.8 Å². The average molecular weight is 506 g/mol. The van der Waals surface area contributed by atoms with Crippen LogP contribution >= 0.6 is 15.9 Å². The highest BCUT2D eigenvalue weighted by atomic mass is 79.9. The number of fused-ring (bicyclic) bond motifs is 1. The van der Waals surface area contributed by atoms with Gasteiger partial charge in [0.15, 0.2) is 17.2 Å². The summed E-state index contributed by atoms with van der Waals surface area (Å²) in [6.07, 6.45) is 1.52. The number of halogens is 1. The fourth-order valence-corrected chi connectivity index (χ4v) is 3.74. The highest BCUT2D eigenvalue weighted by Gasteiger charge is 2.26. The highest BCUT2D eigenvalue weighted by Crippen LogP contribution is 2.34. The van der Waals surface area contributed by atoms with Crippen LogP contribution in [0.25, 0.3) is 6.08 Å². The van der Waals surface area contributed by atoms with Crippen LogP contribution in [-0.2, 0) is 9.53 Å². The van der Waals surface area contributed by atoms with Crippen LogP contribution in [0.15, 0.2) is 75.8 Å². The summed E-state index contributed by atoms with van der Waals surface area (Å²) >= 11 is 3.41. The van der Waals surface area contributed by atoms with Crippen LogP contribution in [0.1, 0.15) is 27.0 Å². The van der Waals surface area contributed by atoms with Gasteiger partial charge in [0.1, 0.15) is 5.75 Å². The topological polar surface area (TPSA) is 83.4 Å². The van der Waals surface area contributed by atoms with Crippen LogP contribution in [0.4, 0.5) is 0 Å². The number of cyclic esters (lactones) is 1. The van der Waals surface area contributed by atoms with Gasteiger partial charge < -0.3 is 18.9 Å². The number of aliphatic imine (C=N–C) groups is 1. The minimum Gasteiger partial charge on any atom is -0.454 e. The Morgan fingerprint density at radius 2 is 1.91 bits per heavy atom. The molecule has 3 aromatic carbocycles. The summed E-state index contributed by atoms with van der Waals surface area (Å²) in [7, 11) is 0. The fraction of sp³-hybridized carbons (Fsp3) is 0.0800. The molecule has 0 atom stereocenters. The molecule has 0 N–H and O–H groups in total. The van der Waals surface area contributed by atoms with Gasteiger partial charge in [-0.25, -0.2) is 14.6 Å².